The largest absolute Gasteiger partial charge is 0.297 e. The summed E-state index contributed by atoms with van der Waals surface area (Å²) in [6.45, 7) is 7.69. The van der Waals surface area contributed by atoms with Crippen LogP contribution < -0.4 is 5.32 Å². The van der Waals surface area contributed by atoms with Crippen LogP contribution >= 0.6 is 0 Å². The second-order valence-corrected chi connectivity index (χ2v) is 3.83. The Morgan fingerprint density at radius 2 is 2.36 bits per heavy atom. The zero-order valence-electron chi connectivity index (χ0n) is 9.04. The fourth-order valence-corrected chi connectivity index (χ4v) is 1.04. The molecule has 3 heteroatoms. The summed E-state index contributed by atoms with van der Waals surface area (Å²) in [5, 5.41) is 7.46. The van der Waals surface area contributed by atoms with Crippen LogP contribution in [-0.4, -0.2) is 15.3 Å². The van der Waals surface area contributed by atoms with Gasteiger partial charge in [0.1, 0.15) is 0 Å². The molecule has 0 fully saturated rings. The number of terminal acetylenes is 1. The number of aromatic nitrogens is 2. The topological polar surface area (TPSA) is 29.9 Å². The maximum Gasteiger partial charge on any atom is 0.0743 e. The smallest absolute Gasteiger partial charge is 0.0743 e. The molecular weight excluding hydrogens is 174 g/mol. The third-order valence-corrected chi connectivity index (χ3v) is 2.11. The van der Waals surface area contributed by atoms with Gasteiger partial charge in [-0.2, -0.15) is 5.10 Å². The number of hydrogen-bond donors (Lipinski definition) is 1. The molecule has 1 heterocycles. The van der Waals surface area contributed by atoms with Gasteiger partial charge in [0, 0.05) is 24.8 Å². The van der Waals surface area contributed by atoms with Crippen LogP contribution in [0, 0.1) is 12.3 Å². The Bertz CT molecular complexity index is 331. The van der Waals surface area contributed by atoms with Gasteiger partial charge < -0.3 is 0 Å². The highest BCUT2D eigenvalue weighted by molar-refractivity contribution is 5.10. The minimum absolute atomic E-state index is 0.256. The molecule has 76 valence electrons. The third kappa shape index (κ3) is 2.90. The summed E-state index contributed by atoms with van der Waals surface area (Å²) in [5.41, 5.74) is 0.907. The molecule has 0 spiro atoms. The lowest BCUT2D eigenvalue weighted by atomic mass is 10.1. The summed E-state index contributed by atoms with van der Waals surface area (Å²) in [7, 11) is 0. The minimum atomic E-state index is -0.256. The van der Waals surface area contributed by atoms with Crippen molar-refractivity contribution < 1.29 is 0 Å². The Morgan fingerprint density at radius 1 is 1.64 bits per heavy atom. The van der Waals surface area contributed by atoms with Gasteiger partial charge >= 0.3 is 0 Å². The lowest BCUT2D eigenvalue weighted by Gasteiger charge is -2.18. The van der Waals surface area contributed by atoms with E-state index in [1.165, 1.54) is 0 Å². The first-order valence-electron chi connectivity index (χ1n) is 4.81. The zero-order chi connectivity index (χ0) is 10.6. The molecule has 0 bridgehead atoms. The van der Waals surface area contributed by atoms with Gasteiger partial charge in [-0.05, 0) is 20.8 Å². The Kier molecular flexibility index (Phi) is 3.32. The predicted octanol–water partition coefficient (Wildman–Crippen LogP) is 1.40. The van der Waals surface area contributed by atoms with Crippen LogP contribution in [0.15, 0.2) is 12.4 Å². The lowest BCUT2D eigenvalue weighted by molar-refractivity contribution is 0.490. The maximum absolute atomic E-state index is 5.37. The van der Waals surface area contributed by atoms with E-state index >= 15 is 0 Å². The van der Waals surface area contributed by atoms with Gasteiger partial charge in [-0.25, -0.2) is 0 Å². The SMILES string of the molecule is C#CC(C)(C)NCc1cnn(CC)c1. The molecule has 1 aromatic heterocycles. The lowest BCUT2D eigenvalue weighted by Crippen LogP contribution is -2.36. The van der Waals surface area contributed by atoms with Crippen molar-refractivity contribution in [2.24, 2.45) is 0 Å². The Labute approximate surface area is 85.5 Å². The van der Waals surface area contributed by atoms with Crippen molar-refractivity contribution in [3.8, 4) is 12.3 Å². The highest BCUT2D eigenvalue weighted by atomic mass is 15.3. The van der Waals surface area contributed by atoms with Crippen molar-refractivity contribution in [1.82, 2.24) is 15.1 Å². The molecule has 0 atom stereocenters. The molecule has 0 aromatic carbocycles. The quantitative estimate of drug-likeness (QED) is 0.729. The molecule has 0 aliphatic heterocycles. The number of rotatable bonds is 4. The molecule has 0 unspecified atom stereocenters. The van der Waals surface area contributed by atoms with Gasteiger partial charge in [0.25, 0.3) is 0 Å². The highest BCUT2D eigenvalue weighted by Gasteiger charge is 2.12. The third-order valence-electron chi connectivity index (χ3n) is 2.11. The van der Waals surface area contributed by atoms with E-state index in [9.17, 15) is 0 Å². The van der Waals surface area contributed by atoms with Gasteiger partial charge in [-0.1, -0.05) is 5.92 Å². The average molecular weight is 191 g/mol. The fraction of sp³-hybridized carbons (Fsp3) is 0.545. The van der Waals surface area contributed by atoms with E-state index < -0.39 is 0 Å². The standard InChI is InChI=1S/C11H17N3/c1-5-11(3,4)12-7-10-8-13-14(6-2)9-10/h1,8-9,12H,6-7H2,2-4H3. The predicted molar refractivity (Wildman–Crippen MR) is 57.7 cm³/mol. The number of nitrogens with one attached hydrogen (secondary N) is 1. The van der Waals surface area contributed by atoms with E-state index in [2.05, 4.69) is 23.3 Å². The van der Waals surface area contributed by atoms with Crippen molar-refractivity contribution in [1.29, 1.82) is 0 Å². The van der Waals surface area contributed by atoms with E-state index in [0.29, 0.717) is 0 Å². The van der Waals surface area contributed by atoms with Gasteiger partial charge in [0.2, 0.25) is 0 Å². The van der Waals surface area contributed by atoms with Crippen LogP contribution in [-0.2, 0) is 13.1 Å². The first-order valence-corrected chi connectivity index (χ1v) is 4.81. The van der Waals surface area contributed by atoms with Crippen LogP contribution in [0.2, 0.25) is 0 Å². The molecule has 1 aromatic rings. The van der Waals surface area contributed by atoms with Crippen molar-refractivity contribution >= 4 is 0 Å². The second-order valence-electron chi connectivity index (χ2n) is 3.83. The van der Waals surface area contributed by atoms with Crippen LogP contribution in [0.5, 0.6) is 0 Å². The fourth-order valence-electron chi connectivity index (χ4n) is 1.04. The molecule has 1 rings (SSSR count). The zero-order valence-corrected chi connectivity index (χ0v) is 9.04. The Morgan fingerprint density at radius 3 is 2.86 bits per heavy atom. The Balaban J connectivity index is 2.50. The van der Waals surface area contributed by atoms with Gasteiger partial charge in [0.15, 0.2) is 0 Å². The second kappa shape index (κ2) is 4.30. The summed E-state index contributed by atoms with van der Waals surface area (Å²) in [5.74, 6) is 2.69. The molecule has 1 N–H and O–H groups in total. The van der Waals surface area contributed by atoms with Crippen molar-refractivity contribution in [3.05, 3.63) is 18.0 Å². The maximum atomic E-state index is 5.37. The van der Waals surface area contributed by atoms with E-state index in [4.69, 9.17) is 6.42 Å². The summed E-state index contributed by atoms with van der Waals surface area (Å²) >= 11 is 0. The summed E-state index contributed by atoms with van der Waals surface area (Å²) in [6, 6.07) is 0. The number of aryl methyl sites for hydroxylation is 1. The van der Waals surface area contributed by atoms with Gasteiger partial charge in [-0.3, -0.25) is 10.00 Å². The van der Waals surface area contributed by atoms with Crippen molar-refractivity contribution in [2.45, 2.75) is 39.4 Å². The first-order chi connectivity index (χ1) is 6.57. The molecule has 14 heavy (non-hydrogen) atoms. The highest BCUT2D eigenvalue weighted by Crippen LogP contribution is 2.03. The molecular formula is C11H17N3. The summed E-state index contributed by atoms with van der Waals surface area (Å²) in [6.07, 6.45) is 9.26. The van der Waals surface area contributed by atoms with E-state index in [1.54, 1.807) is 0 Å². The summed E-state index contributed by atoms with van der Waals surface area (Å²) in [4.78, 5) is 0. The van der Waals surface area contributed by atoms with Crippen LogP contribution in [0.3, 0.4) is 0 Å². The van der Waals surface area contributed by atoms with E-state index in [1.807, 2.05) is 30.9 Å². The summed E-state index contributed by atoms with van der Waals surface area (Å²) < 4.78 is 1.90. The van der Waals surface area contributed by atoms with E-state index in [-0.39, 0.29) is 5.54 Å². The van der Waals surface area contributed by atoms with Crippen molar-refractivity contribution in [3.63, 3.8) is 0 Å². The first kappa shape index (κ1) is 10.8. The monoisotopic (exact) mass is 191 g/mol. The Hall–Kier alpha value is -1.27. The van der Waals surface area contributed by atoms with Gasteiger partial charge in [0.05, 0.1) is 11.7 Å². The molecule has 0 amide bonds. The van der Waals surface area contributed by atoms with E-state index in [0.717, 1.165) is 18.7 Å². The van der Waals surface area contributed by atoms with Crippen LogP contribution in [0.4, 0.5) is 0 Å². The molecule has 0 aliphatic rings. The molecule has 0 saturated heterocycles. The van der Waals surface area contributed by atoms with Gasteiger partial charge in [-0.15, -0.1) is 6.42 Å². The molecule has 0 saturated carbocycles. The van der Waals surface area contributed by atoms with Crippen LogP contribution in [0.25, 0.3) is 0 Å². The average Bonchev–Trinajstić information content (AvgIpc) is 2.63. The molecule has 0 aliphatic carbocycles. The number of hydrogen-bond acceptors (Lipinski definition) is 2. The van der Waals surface area contributed by atoms with Crippen molar-refractivity contribution in [2.75, 3.05) is 0 Å². The molecule has 3 nitrogen and oxygen atoms in total. The minimum Gasteiger partial charge on any atom is -0.297 e. The molecule has 0 radical (unpaired) electrons. The normalized spacial score (nSPS) is 11.3. The van der Waals surface area contributed by atoms with Crippen LogP contribution in [0.1, 0.15) is 26.3 Å². The number of nitrogens with zero attached hydrogens (tertiary/aromatic N) is 2.